The third kappa shape index (κ3) is 2.47. The molecule has 2 N–H and O–H groups in total. The maximum atomic E-state index is 11.2. The molecule has 5 nitrogen and oxygen atoms in total. The highest BCUT2D eigenvalue weighted by molar-refractivity contribution is 7.15. The minimum atomic E-state index is -0.761. The van der Waals surface area contributed by atoms with Gasteiger partial charge in [0, 0.05) is 11.5 Å². The van der Waals surface area contributed by atoms with E-state index in [1.807, 2.05) is 0 Å². The van der Waals surface area contributed by atoms with Crippen LogP contribution in [0.5, 0.6) is 0 Å². The van der Waals surface area contributed by atoms with Crippen LogP contribution in [0.1, 0.15) is 42.7 Å². The minimum Gasteiger partial charge on any atom is -0.481 e. The molecule has 1 aliphatic carbocycles. The molecule has 0 bridgehead atoms. The van der Waals surface area contributed by atoms with Crippen molar-refractivity contribution in [2.45, 2.75) is 44.1 Å². The highest BCUT2D eigenvalue weighted by Crippen LogP contribution is 2.39. The number of carbonyl (C=O) groups is 1. The van der Waals surface area contributed by atoms with Gasteiger partial charge in [-0.3, -0.25) is 4.79 Å². The zero-order chi connectivity index (χ0) is 13.5. The number of aliphatic carboxylic acids is 1. The van der Waals surface area contributed by atoms with Crippen molar-refractivity contribution in [3.05, 3.63) is 10.6 Å². The van der Waals surface area contributed by atoms with Crippen LogP contribution >= 0.6 is 11.3 Å². The summed E-state index contributed by atoms with van der Waals surface area (Å²) in [4.78, 5) is 16.8. The van der Waals surface area contributed by atoms with Gasteiger partial charge in [0.15, 0.2) is 5.13 Å². The number of thiazole rings is 1. The lowest BCUT2D eigenvalue weighted by molar-refractivity contribution is -0.138. The van der Waals surface area contributed by atoms with Crippen molar-refractivity contribution in [1.29, 1.82) is 0 Å². The normalized spacial score (nSPS) is 30.1. The predicted octanol–water partition coefficient (Wildman–Crippen LogP) is 2.24. The van der Waals surface area contributed by atoms with Crippen LogP contribution in [0.25, 0.3) is 0 Å². The molecular weight excluding hydrogens is 264 g/mol. The molecule has 0 saturated carbocycles. The summed E-state index contributed by atoms with van der Waals surface area (Å²) < 4.78 is 5.51. The Morgan fingerprint density at radius 3 is 3.16 bits per heavy atom. The van der Waals surface area contributed by atoms with Crippen LogP contribution in [-0.2, 0) is 16.0 Å². The lowest BCUT2D eigenvalue weighted by Crippen LogP contribution is -2.43. The first-order valence-electron chi connectivity index (χ1n) is 6.66. The molecule has 19 heavy (non-hydrogen) atoms. The van der Waals surface area contributed by atoms with Gasteiger partial charge in [-0.1, -0.05) is 0 Å². The molecule has 1 saturated heterocycles. The molecule has 0 radical (unpaired) electrons. The van der Waals surface area contributed by atoms with Gasteiger partial charge in [-0.05, 0) is 32.6 Å². The third-order valence-corrected chi connectivity index (χ3v) is 4.91. The number of carboxylic acids is 1. The van der Waals surface area contributed by atoms with E-state index in [0.29, 0.717) is 13.0 Å². The van der Waals surface area contributed by atoms with E-state index in [0.717, 1.165) is 41.6 Å². The summed E-state index contributed by atoms with van der Waals surface area (Å²) in [5.41, 5.74) is 0.683. The van der Waals surface area contributed by atoms with E-state index in [1.165, 1.54) is 0 Å². The van der Waals surface area contributed by atoms with Crippen molar-refractivity contribution < 1.29 is 14.6 Å². The number of fused-ring (bicyclic) bond motifs is 1. The van der Waals surface area contributed by atoms with Gasteiger partial charge in [-0.15, -0.1) is 11.3 Å². The maximum absolute atomic E-state index is 11.2. The average molecular weight is 282 g/mol. The number of aromatic nitrogens is 1. The zero-order valence-corrected chi connectivity index (χ0v) is 11.8. The molecule has 2 atom stereocenters. The molecule has 1 aromatic heterocycles. The second-order valence-corrected chi connectivity index (χ2v) is 6.68. The molecule has 2 heterocycles. The van der Waals surface area contributed by atoms with Gasteiger partial charge >= 0.3 is 5.97 Å². The quantitative estimate of drug-likeness (QED) is 0.889. The lowest BCUT2D eigenvalue weighted by atomic mass is 9.95. The number of anilines is 1. The van der Waals surface area contributed by atoms with Crippen molar-refractivity contribution in [3.8, 4) is 0 Å². The number of nitrogens with one attached hydrogen (secondary N) is 1. The molecule has 104 valence electrons. The summed E-state index contributed by atoms with van der Waals surface area (Å²) in [6.45, 7) is 3.64. The molecule has 2 aliphatic rings. The standard InChI is InChI=1S/C13H18N2O3S/c1-13(5-2-6-18-7-13)15-12-14-10-8(11(16)17)3-4-9(10)19-12/h8H,2-7H2,1H3,(H,14,15)(H,16,17). The summed E-state index contributed by atoms with van der Waals surface area (Å²) in [6.07, 6.45) is 3.62. The number of rotatable bonds is 3. The maximum Gasteiger partial charge on any atom is 0.312 e. The number of carboxylic acid groups (broad SMARTS) is 1. The Hall–Kier alpha value is -1.14. The van der Waals surface area contributed by atoms with E-state index in [-0.39, 0.29) is 5.54 Å². The first kappa shape index (κ1) is 12.9. The summed E-state index contributed by atoms with van der Waals surface area (Å²) in [7, 11) is 0. The van der Waals surface area contributed by atoms with E-state index in [9.17, 15) is 4.79 Å². The van der Waals surface area contributed by atoms with Crippen LogP contribution in [-0.4, -0.2) is 34.8 Å². The van der Waals surface area contributed by atoms with Crippen LogP contribution in [0.4, 0.5) is 5.13 Å². The SMILES string of the molecule is CC1(Nc2nc3c(s2)CCC3C(=O)O)CCCOC1. The Labute approximate surface area is 116 Å². The van der Waals surface area contributed by atoms with Gasteiger partial charge in [-0.25, -0.2) is 4.98 Å². The van der Waals surface area contributed by atoms with E-state index in [1.54, 1.807) is 11.3 Å². The monoisotopic (exact) mass is 282 g/mol. The topological polar surface area (TPSA) is 71.5 Å². The van der Waals surface area contributed by atoms with Gasteiger partial charge in [0.1, 0.15) is 5.92 Å². The van der Waals surface area contributed by atoms with Crippen LogP contribution in [0.3, 0.4) is 0 Å². The number of hydrogen-bond donors (Lipinski definition) is 2. The molecule has 0 aromatic carbocycles. The first-order chi connectivity index (χ1) is 9.07. The van der Waals surface area contributed by atoms with E-state index in [2.05, 4.69) is 17.2 Å². The van der Waals surface area contributed by atoms with Crippen molar-refractivity contribution in [2.24, 2.45) is 0 Å². The van der Waals surface area contributed by atoms with Crippen molar-refractivity contribution in [1.82, 2.24) is 4.98 Å². The lowest BCUT2D eigenvalue weighted by Gasteiger charge is -2.34. The highest BCUT2D eigenvalue weighted by atomic mass is 32.1. The summed E-state index contributed by atoms with van der Waals surface area (Å²) in [5.74, 6) is -1.18. The predicted molar refractivity (Wildman–Crippen MR) is 72.9 cm³/mol. The van der Waals surface area contributed by atoms with E-state index in [4.69, 9.17) is 9.84 Å². The van der Waals surface area contributed by atoms with Gasteiger partial charge in [0.05, 0.1) is 17.8 Å². The average Bonchev–Trinajstić information content (AvgIpc) is 2.88. The van der Waals surface area contributed by atoms with Crippen LogP contribution < -0.4 is 5.32 Å². The van der Waals surface area contributed by atoms with E-state index < -0.39 is 11.9 Å². The fourth-order valence-electron chi connectivity index (χ4n) is 2.81. The first-order valence-corrected chi connectivity index (χ1v) is 7.47. The van der Waals surface area contributed by atoms with Crippen molar-refractivity contribution >= 4 is 22.4 Å². The summed E-state index contributed by atoms with van der Waals surface area (Å²) >= 11 is 1.59. The van der Waals surface area contributed by atoms with Gasteiger partial charge in [-0.2, -0.15) is 0 Å². The number of hydrogen-bond acceptors (Lipinski definition) is 5. The van der Waals surface area contributed by atoms with E-state index >= 15 is 0 Å². The molecular formula is C13H18N2O3S. The van der Waals surface area contributed by atoms with Crippen molar-refractivity contribution in [3.63, 3.8) is 0 Å². The Balaban J connectivity index is 1.77. The zero-order valence-electron chi connectivity index (χ0n) is 10.9. The number of nitrogens with zero attached hydrogens (tertiary/aromatic N) is 1. The second kappa shape index (κ2) is 4.76. The van der Waals surface area contributed by atoms with Crippen LogP contribution in [0, 0.1) is 0 Å². The Bertz CT molecular complexity index is 494. The Morgan fingerprint density at radius 1 is 1.63 bits per heavy atom. The fourth-order valence-corrected chi connectivity index (χ4v) is 4.00. The molecule has 1 aromatic rings. The van der Waals surface area contributed by atoms with Gasteiger partial charge in [0.25, 0.3) is 0 Å². The van der Waals surface area contributed by atoms with Gasteiger partial charge < -0.3 is 15.2 Å². The fraction of sp³-hybridized carbons (Fsp3) is 0.692. The third-order valence-electron chi connectivity index (χ3n) is 3.86. The molecule has 0 spiro atoms. The number of ether oxygens (including phenoxy) is 1. The Morgan fingerprint density at radius 2 is 2.47 bits per heavy atom. The molecule has 3 rings (SSSR count). The van der Waals surface area contributed by atoms with Crippen molar-refractivity contribution in [2.75, 3.05) is 18.5 Å². The molecule has 1 aliphatic heterocycles. The van der Waals surface area contributed by atoms with Gasteiger partial charge in [0.2, 0.25) is 0 Å². The van der Waals surface area contributed by atoms with Crippen LogP contribution in [0.2, 0.25) is 0 Å². The van der Waals surface area contributed by atoms with Crippen LogP contribution in [0.15, 0.2) is 0 Å². The molecule has 6 heteroatoms. The Kier molecular flexibility index (Phi) is 3.22. The highest BCUT2D eigenvalue weighted by Gasteiger charge is 2.34. The number of aryl methyl sites for hydroxylation is 1. The smallest absolute Gasteiger partial charge is 0.312 e. The summed E-state index contributed by atoms with van der Waals surface area (Å²) in [6, 6.07) is 0. The molecule has 2 unspecified atom stereocenters. The second-order valence-electron chi connectivity index (χ2n) is 5.60. The largest absolute Gasteiger partial charge is 0.481 e. The summed E-state index contributed by atoms with van der Waals surface area (Å²) in [5, 5.41) is 13.4. The minimum absolute atomic E-state index is 0.0808. The molecule has 1 fully saturated rings. The molecule has 0 amide bonds.